The molecule has 0 fully saturated rings. The van der Waals surface area contributed by atoms with E-state index in [0.29, 0.717) is 25.6 Å². The van der Waals surface area contributed by atoms with E-state index < -0.39 is 10.0 Å². The third kappa shape index (κ3) is 6.38. The third-order valence-electron chi connectivity index (χ3n) is 3.15. The lowest BCUT2D eigenvalue weighted by atomic mass is 10.0. The van der Waals surface area contributed by atoms with Crippen molar-refractivity contribution >= 4 is 10.0 Å². The van der Waals surface area contributed by atoms with Crippen LogP contribution < -0.4 is 5.32 Å². The van der Waals surface area contributed by atoms with E-state index >= 15 is 0 Å². The van der Waals surface area contributed by atoms with Crippen LogP contribution in [0.5, 0.6) is 0 Å². The highest BCUT2D eigenvalue weighted by Gasteiger charge is 2.22. The van der Waals surface area contributed by atoms with Crippen molar-refractivity contribution in [2.24, 2.45) is 5.92 Å². The van der Waals surface area contributed by atoms with Gasteiger partial charge in [0, 0.05) is 19.6 Å². The fraction of sp³-hybridized carbons (Fsp3) is 1.00. The van der Waals surface area contributed by atoms with Gasteiger partial charge in [-0.25, -0.2) is 12.7 Å². The van der Waals surface area contributed by atoms with Crippen LogP contribution >= 0.6 is 0 Å². The Hall–Kier alpha value is -0.130. The Morgan fingerprint density at radius 1 is 1.12 bits per heavy atom. The lowest BCUT2D eigenvalue weighted by Gasteiger charge is -2.24. The molecule has 4 nitrogen and oxygen atoms in total. The van der Waals surface area contributed by atoms with E-state index in [-0.39, 0.29) is 5.75 Å². The molecule has 1 N–H and O–H groups in total. The molecular weight excluding hydrogens is 236 g/mol. The zero-order valence-electron chi connectivity index (χ0n) is 11.7. The second-order valence-corrected chi connectivity index (χ2v) is 6.39. The van der Waals surface area contributed by atoms with Crippen LogP contribution in [0.1, 0.15) is 40.5 Å². The molecule has 0 aliphatic heterocycles. The summed E-state index contributed by atoms with van der Waals surface area (Å²) in [4.78, 5) is 0. The maximum atomic E-state index is 12.1. The quantitative estimate of drug-likeness (QED) is 0.611. The van der Waals surface area contributed by atoms with Crippen LogP contribution in [-0.2, 0) is 10.0 Å². The summed E-state index contributed by atoms with van der Waals surface area (Å²) in [5.74, 6) is 0.679. The molecule has 0 aliphatic rings. The van der Waals surface area contributed by atoms with Gasteiger partial charge < -0.3 is 5.32 Å². The molecule has 0 saturated heterocycles. The Labute approximate surface area is 107 Å². The van der Waals surface area contributed by atoms with Crippen LogP contribution in [0.25, 0.3) is 0 Å². The second kappa shape index (κ2) is 8.89. The molecule has 0 atom stereocenters. The smallest absolute Gasteiger partial charge is 0.215 e. The number of nitrogens with one attached hydrogen (secondary N) is 1. The summed E-state index contributed by atoms with van der Waals surface area (Å²) in [5.41, 5.74) is 0. The van der Waals surface area contributed by atoms with Gasteiger partial charge in [-0.05, 0) is 12.5 Å². The SMILES string of the molecule is CCNCCS(=O)(=O)N(CC)CC(CC)CC. The van der Waals surface area contributed by atoms with Crippen molar-refractivity contribution in [3.05, 3.63) is 0 Å². The average Bonchev–Trinajstić information content (AvgIpc) is 2.30. The first kappa shape index (κ1) is 16.9. The molecule has 0 heterocycles. The zero-order chi connectivity index (χ0) is 13.3. The van der Waals surface area contributed by atoms with Crippen molar-refractivity contribution in [3.8, 4) is 0 Å². The predicted octanol–water partition coefficient (Wildman–Crippen LogP) is 1.68. The van der Waals surface area contributed by atoms with E-state index in [9.17, 15) is 8.42 Å². The van der Waals surface area contributed by atoms with Crippen LogP contribution in [0.15, 0.2) is 0 Å². The first-order valence-corrected chi connectivity index (χ1v) is 8.31. The predicted molar refractivity (Wildman–Crippen MR) is 73.6 cm³/mol. The van der Waals surface area contributed by atoms with E-state index in [2.05, 4.69) is 19.2 Å². The second-order valence-electron chi connectivity index (χ2n) is 4.30. The third-order valence-corrected chi connectivity index (χ3v) is 5.06. The molecule has 0 amide bonds. The molecule has 0 radical (unpaired) electrons. The number of hydrogen-bond acceptors (Lipinski definition) is 3. The summed E-state index contributed by atoms with van der Waals surface area (Å²) in [5, 5.41) is 3.06. The lowest BCUT2D eigenvalue weighted by molar-refractivity contribution is 0.339. The topological polar surface area (TPSA) is 49.4 Å². The highest BCUT2D eigenvalue weighted by atomic mass is 32.2. The van der Waals surface area contributed by atoms with Gasteiger partial charge in [0.1, 0.15) is 0 Å². The number of hydrogen-bond donors (Lipinski definition) is 1. The van der Waals surface area contributed by atoms with Gasteiger partial charge in [0.2, 0.25) is 10.0 Å². The summed E-state index contributed by atoms with van der Waals surface area (Å²) in [6.45, 7) is 10.7. The monoisotopic (exact) mass is 264 g/mol. The van der Waals surface area contributed by atoms with Gasteiger partial charge in [-0.15, -0.1) is 0 Å². The average molecular weight is 264 g/mol. The lowest BCUT2D eigenvalue weighted by Crippen LogP contribution is -2.39. The Morgan fingerprint density at radius 3 is 2.12 bits per heavy atom. The van der Waals surface area contributed by atoms with Crippen LogP contribution in [0, 0.1) is 5.92 Å². The van der Waals surface area contributed by atoms with E-state index in [1.807, 2.05) is 13.8 Å². The minimum absolute atomic E-state index is 0.203. The van der Waals surface area contributed by atoms with E-state index in [1.165, 1.54) is 0 Å². The van der Waals surface area contributed by atoms with Crippen molar-refractivity contribution in [2.45, 2.75) is 40.5 Å². The Kier molecular flexibility index (Phi) is 8.82. The van der Waals surface area contributed by atoms with Crippen LogP contribution in [-0.4, -0.2) is 44.7 Å². The van der Waals surface area contributed by atoms with Gasteiger partial charge >= 0.3 is 0 Å². The summed E-state index contributed by atoms with van der Waals surface area (Å²) < 4.78 is 25.8. The van der Waals surface area contributed by atoms with Crippen LogP contribution in [0.3, 0.4) is 0 Å². The number of nitrogens with zero attached hydrogens (tertiary/aromatic N) is 1. The molecule has 0 rings (SSSR count). The number of sulfonamides is 1. The Balaban J connectivity index is 4.41. The highest BCUT2D eigenvalue weighted by Crippen LogP contribution is 2.12. The van der Waals surface area contributed by atoms with Crippen molar-refractivity contribution in [3.63, 3.8) is 0 Å². The molecule has 0 aromatic heterocycles. The molecule has 0 bridgehead atoms. The van der Waals surface area contributed by atoms with E-state index in [0.717, 1.165) is 19.4 Å². The molecule has 0 unspecified atom stereocenters. The first-order valence-electron chi connectivity index (χ1n) is 6.70. The van der Waals surface area contributed by atoms with Crippen molar-refractivity contribution in [1.82, 2.24) is 9.62 Å². The van der Waals surface area contributed by atoms with Gasteiger partial charge in [-0.2, -0.15) is 0 Å². The summed E-state index contributed by atoms with van der Waals surface area (Å²) in [7, 11) is -3.09. The molecule has 104 valence electrons. The van der Waals surface area contributed by atoms with Gasteiger partial charge in [0.15, 0.2) is 0 Å². The van der Waals surface area contributed by atoms with Gasteiger partial charge in [0.05, 0.1) is 5.75 Å². The zero-order valence-corrected chi connectivity index (χ0v) is 12.5. The van der Waals surface area contributed by atoms with Crippen molar-refractivity contribution in [1.29, 1.82) is 0 Å². The summed E-state index contributed by atoms with van der Waals surface area (Å²) >= 11 is 0. The minimum atomic E-state index is -3.09. The van der Waals surface area contributed by atoms with Crippen molar-refractivity contribution in [2.75, 3.05) is 31.9 Å². The normalized spacial score (nSPS) is 12.6. The molecular formula is C12H28N2O2S. The van der Waals surface area contributed by atoms with E-state index in [1.54, 1.807) is 4.31 Å². The Bertz CT molecular complexity index is 274. The molecule has 0 aromatic rings. The van der Waals surface area contributed by atoms with Gasteiger partial charge in [0.25, 0.3) is 0 Å². The minimum Gasteiger partial charge on any atom is -0.316 e. The van der Waals surface area contributed by atoms with Gasteiger partial charge in [-0.3, -0.25) is 0 Å². The maximum Gasteiger partial charge on any atom is 0.215 e. The van der Waals surface area contributed by atoms with Crippen LogP contribution in [0.4, 0.5) is 0 Å². The Morgan fingerprint density at radius 2 is 1.71 bits per heavy atom. The molecule has 0 aromatic carbocycles. The largest absolute Gasteiger partial charge is 0.316 e. The fourth-order valence-electron chi connectivity index (χ4n) is 1.78. The molecule has 0 aliphatic carbocycles. The summed E-state index contributed by atoms with van der Waals surface area (Å²) in [6, 6.07) is 0. The standard InChI is InChI=1S/C12H28N2O2S/c1-5-12(6-2)11-14(8-4)17(15,16)10-9-13-7-3/h12-13H,5-11H2,1-4H3. The molecule has 17 heavy (non-hydrogen) atoms. The van der Waals surface area contributed by atoms with Crippen LogP contribution in [0.2, 0.25) is 0 Å². The first-order chi connectivity index (χ1) is 8.01. The molecule has 0 spiro atoms. The maximum absolute atomic E-state index is 12.1. The van der Waals surface area contributed by atoms with Crippen molar-refractivity contribution < 1.29 is 8.42 Å². The number of rotatable bonds is 10. The van der Waals surface area contributed by atoms with Gasteiger partial charge in [-0.1, -0.05) is 40.5 Å². The van der Waals surface area contributed by atoms with E-state index in [4.69, 9.17) is 0 Å². The molecule has 0 saturated carbocycles. The highest BCUT2D eigenvalue weighted by molar-refractivity contribution is 7.89. The summed E-state index contributed by atoms with van der Waals surface area (Å²) in [6.07, 6.45) is 2.07. The fourth-order valence-corrected chi connectivity index (χ4v) is 3.27. The molecule has 5 heteroatoms.